The van der Waals surface area contributed by atoms with Crippen LogP contribution in [0.25, 0.3) is 10.9 Å². The van der Waals surface area contributed by atoms with E-state index in [0.29, 0.717) is 12.5 Å². The summed E-state index contributed by atoms with van der Waals surface area (Å²) < 4.78 is 0. The maximum Gasteiger partial charge on any atom is 0.241 e. The number of nitrogens with one attached hydrogen (secondary N) is 4. The molecule has 1 aromatic carbocycles. The average Bonchev–Trinajstić information content (AvgIpc) is 2.95. The van der Waals surface area contributed by atoms with E-state index >= 15 is 0 Å². The first-order valence-corrected chi connectivity index (χ1v) is 8.49. The number of aromatic amines is 1. The van der Waals surface area contributed by atoms with Crippen LogP contribution in [0.3, 0.4) is 0 Å². The quantitative estimate of drug-likeness (QED) is 0.293. The number of nitrogens with zero attached hydrogens (tertiary/aromatic N) is 1. The lowest BCUT2D eigenvalue weighted by Gasteiger charge is -2.11. The number of hydrogen-bond acceptors (Lipinski definition) is 2. The van der Waals surface area contributed by atoms with E-state index in [1.165, 1.54) is 22.0 Å². The van der Waals surface area contributed by atoms with Gasteiger partial charge in [0.2, 0.25) is 5.91 Å². The van der Waals surface area contributed by atoms with Gasteiger partial charge in [0.1, 0.15) is 6.54 Å². The van der Waals surface area contributed by atoms with Crippen LogP contribution >= 0.6 is 24.0 Å². The number of benzene rings is 1. The van der Waals surface area contributed by atoms with Crippen LogP contribution in [0.5, 0.6) is 0 Å². The number of carbonyl (C=O) groups is 1. The van der Waals surface area contributed by atoms with E-state index in [4.69, 9.17) is 0 Å². The molecule has 1 amide bonds. The molecule has 1 aromatic heterocycles. The fraction of sp³-hybridized carbons (Fsp3) is 0.444. The number of guanidine groups is 1. The van der Waals surface area contributed by atoms with Crippen molar-refractivity contribution in [1.82, 2.24) is 20.9 Å². The van der Waals surface area contributed by atoms with Crippen LogP contribution in [-0.2, 0) is 11.2 Å². The highest BCUT2D eigenvalue weighted by atomic mass is 127. The Kier molecular flexibility index (Phi) is 9.33. The minimum absolute atomic E-state index is 0. The second-order valence-corrected chi connectivity index (χ2v) is 5.69. The van der Waals surface area contributed by atoms with Crippen molar-refractivity contribution >= 4 is 46.7 Å². The van der Waals surface area contributed by atoms with Crippen LogP contribution in [0, 0.1) is 6.92 Å². The van der Waals surface area contributed by atoms with Gasteiger partial charge in [0.05, 0.1) is 0 Å². The van der Waals surface area contributed by atoms with Crippen molar-refractivity contribution in [2.24, 2.45) is 4.99 Å². The van der Waals surface area contributed by atoms with Gasteiger partial charge >= 0.3 is 0 Å². The molecule has 0 radical (unpaired) electrons. The number of carbonyl (C=O) groups excluding carboxylic acids is 1. The van der Waals surface area contributed by atoms with E-state index in [2.05, 4.69) is 57.2 Å². The molecule has 0 unspecified atom stereocenters. The Hall–Kier alpha value is -1.77. The summed E-state index contributed by atoms with van der Waals surface area (Å²) >= 11 is 0. The van der Waals surface area contributed by atoms with Crippen molar-refractivity contribution in [1.29, 1.82) is 0 Å². The lowest BCUT2D eigenvalue weighted by molar-refractivity contribution is -0.119. The summed E-state index contributed by atoms with van der Waals surface area (Å²) in [7, 11) is 0. The molecule has 0 saturated heterocycles. The highest BCUT2D eigenvalue weighted by Gasteiger charge is 2.05. The molecule has 2 rings (SSSR count). The van der Waals surface area contributed by atoms with E-state index in [0.717, 1.165) is 19.5 Å². The zero-order valence-corrected chi connectivity index (χ0v) is 17.4. The van der Waals surface area contributed by atoms with Crippen molar-refractivity contribution in [3.8, 4) is 0 Å². The first-order valence-electron chi connectivity index (χ1n) is 8.49. The van der Waals surface area contributed by atoms with Crippen LogP contribution in [0.1, 0.15) is 25.0 Å². The Balaban J connectivity index is 0.00000312. The third-order valence-corrected chi connectivity index (χ3v) is 3.71. The highest BCUT2D eigenvalue weighted by molar-refractivity contribution is 14.0. The molecule has 25 heavy (non-hydrogen) atoms. The summed E-state index contributed by atoms with van der Waals surface area (Å²) in [6.45, 7) is 8.26. The fourth-order valence-electron chi connectivity index (χ4n) is 2.57. The minimum Gasteiger partial charge on any atom is -0.361 e. The molecular weight excluding hydrogens is 429 g/mol. The molecule has 0 spiro atoms. The van der Waals surface area contributed by atoms with Crippen LogP contribution in [0.15, 0.2) is 29.4 Å². The summed E-state index contributed by atoms with van der Waals surface area (Å²) in [5.41, 5.74) is 3.69. The monoisotopic (exact) mass is 457 g/mol. The number of aryl methyl sites for hydroxylation is 1. The maximum atomic E-state index is 11.5. The highest BCUT2D eigenvalue weighted by Crippen LogP contribution is 2.19. The summed E-state index contributed by atoms with van der Waals surface area (Å²) in [5, 5.41) is 10.4. The second-order valence-electron chi connectivity index (χ2n) is 5.69. The molecule has 0 fully saturated rings. The second kappa shape index (κ2) is 11.0. The van der Waals surface area contributed by atoms with E-state index in [9.17, 15) is 4.79 Å². The molecule has 4 N–H and O–H groups in total. The van der Waals surface area contributed by atoms with Crippen LogP contribution in [-0.4, -0.2) is 43.0 Å². The van der Waals surface area contributed by atoms with Crippen molar-refractivity contribution in [2.75, 3.05) is 26.2 Å². The standard InChI is InChI=1S/C18H27N5O.HI/c1-4-19-17(24)12-23-18(20-5-2)21-9-8-14-11-22-16-10-13(3)6-7-15(14)16;/h6-7,10-11,22H,4-5,8-9,12H2,1-3H3,(H,19,24)(H2,20,21,23);1H. The normalized spacial score (nSPS) is 11.1. The van der Waals surface area contributed by atoms with Gasteiger partial charge in [-0.1, -0.05) is 12.1 Å². The number of aromatic nitrogens is 1. The predicted octanol–water partition coefficient (Wildman–Crippen LogP) is 2.33. The number of H-pyrrole nitrogens is 1. The first-order chi connectivity index (χ1) is 11.6. The Morgan fingerprint density at radius 1 is 1.16 bits per heavy atom. The van der Waals surface area contributed by atoms with Gasteiger partial charge < -0.3 is 20.9 Å². The molecule has 0 saturated carbocycles. The molecule has 0 bridgehead atoms. The molecule has 2 aromatic rings. The number of amides is 1. The van der Waals surface area contributed by atoms with Gasteiger partial charge in [-0.2, -0.15) is 0 Å². The average molecular weight is 457 g/mol. The van der Waals surface area contributed by atoms with Crippen molar-refractivity contribution < 1.29 is 4.79 Å². The van der Waals surface area contributed by atoms with Gasteiger partial charge in [-0.3, -0.25) is 4.79 Å². The first kappa shape index (κ1) is 21.3. The van der Waals surface area contributed by atoms with Crippen LogP contribution < -0.4 is 16.0 Å². The van der Waals surface area contributed by atoms with E-state index in [1.54, 1.807) is 0 Å². The molecule has 0 aliphatic heterocycles. The van der Waals surface area contributed by atoms with E-state index in [-0.39, 0.29) is 36.4 Å². The number of fused-ring (bicyclic) bond motifs is 1. The molecule has 7 heteroatoms. The summed E-state index contributed by atoms with van der Waals surface area (Å²) in [6, 6.07) is 6.44. The topological polar surface area (TPSA) is 81.3 Å². The summed E-state index contributed by atoms with van der Waals surface area (Å²) in [4.78, 5) is 19.1. The number of halogens is 1. The Morgan fingerprint density at radius 2 is 1.92 bits per heavy atom. The maximum absolute atomic E-state index is 11.5. The molecule has 0 atom stereocenters. The third kappa shape index (κ3) is 6.56. The van der Waals surface area contributed by atoms with Gasteiger partial charge in [0, 0.05) is 36.7 Å². The van der Waals surface area contributed by atoms with Gasteiger partial charge in [-0.05, 0) is 44.4 Å². The van der Waals surface area contributed by atoms with Crippen molar-refractivity contribution in [3.05, 3.63) is 35.5 Å². The predicted molar refractivity (Wildman–Crippen MR) is 115 cm³/mol. The largest absolute Gasteiger partial charge is 0.361 e. The van der Waals surface area contributed by atoms with Crippen LogP contribution in [0.4, 0.5) is 0 Å². The number of likely N-dealkylation sites (N-methyl/N-ethyl adjacent to an activating group) is 1. The van der Waals surface area contributed by atoms with Crippen molar-refractivity contribution in [2.45, 2.75) is 27.2 Å². The van der Waals surface area contributed by atoms with Gasteiger partial charge in [0.25, 0.3) is 0 Å². The van der Waals surface area contributed by atoms with Crippen molar-refractivity contribution in [3.63, 3.8) is 0 Å². The summed E-state index contributed by atoms with van der Waals surface area (Å²) in [6.07, 6.45) is 2.94. The zero-order chi connectivity index (χ0) is 17.4. The van der Waals surface area contributed by atoms with Gasteiger partial charge in [-0.25, -0.2) is 4.99 Å². The van der Waals surface area contributed by atoms with Crippen LogP contribution in [0.2, 0.25) is 0 Å². The number of hydrogen-bond donors (Lipinski definition) is 4. The zero-order valence-electron chi connectivity index (χ0n) is 15.1. The van der Waals surface area contributed by atoms with E-state index < -0.39 is 0 Å². The Labute approximate surface area is 166 Å². The third-order valence-electron chi connectivity index (χ3n) is 3.71. The minimum atomic E-state index is -0.0679. The molecule has 0 aliphatic carbocycles. The Morgan fingerprint density at radius 3 is 2.64 bits per heavy atom. The molecule has 138 valence electrons. The fourth-order valence-corrected chi connectivity index (χ4v) is 2.57. The lowest BCUT2D eigenvalue weighted by Crippen LogP contribution is -2.39. The number of rotatable bonds is 7. The number of aliphatic imine (C=N–C) groups is 1. The smallest absolute Gasteiger partial charge is 0.241 e. The molecular formula is C18H28IN5O. The Bertz CT molecular complexity index is 711. The van der Waals surface area contributed by atoms with E-state index in [1.807, 2.05) is 13.8 Å². The molecule has 6 nitrogen and oxygen atoms in total. The SMILES string of the molecule is CCNC(=O)CN=C(NCC)NCCc1c[nH]c2cc(C)ccc12.I. The van der Waals surface area contributed by atoms with Gasteiger partial charge in [0.15, 0.2) is 5.96 Å². The molecule has 1 heterocycles. The summed E-state index contributed by atoms with van der Waals surface area (Å²) in [5.74, 6) is 0.598. The lowest BCUT2D eigenvalue weighted by atomic mass is 10.1. The van der Waals surface area contributed by atoms with Gasteiger partial charge in [-0.15, -0.1) is 24.0 Å². The molecule has 0 aliphatic rings.